The number of hydrogen-bond donors (Lipinski definition) is 1. The summed E-state index contributed by atoms with van der Waals surface area (Å²) in [6.07, 6.45) is 1.55. The Morgan fingerprint density at radius 1 is 1.67 bits per heavy atom. The minimum atomic E-state index is -0.947. The number of piperazine rings is 1. The highest BCUT2D eigenvalue weighted by Crippen LogP contribution is 2.13. The molecule has 0 saturated carbocycles. The van der Waals surface area contributed by atoms with E-state index in [1.165, 1.54) is 0 Å². The maximum Gasteiger partial charge on any atom is 0.305 e. The molecule has 1 fully saturated rings. The van der Waals surface area contributed by atoms with E-state index in [1.54, 1.807) is 18.0 Å². The summed E-state index contributed by atoms with van der Waals surface area (Å²) in [6, 6.07) is -0.542. The highest BCUT2D eigenvalue weighted by atomic mass is 16.4. The maximum atomic E-state index is 11.7. The first kappa shape index (κ1) is 11.7. The number of hydrogen-bond acceptors (Lipinski definition) is 3. The number of carboxylic acids is 1. The number of amides is 1. The van der Waals surface area contributed by atoms with Crippen LogP contribution in [0.2, 0.25) is 0 Å². The van der Waals surface area contributed by atoms with Crippen molar-refractivity contribution in [1.29, 1.82) is 0 Å². The minimum absolute atomic E-state index is 0.120. The molecule has 84 valence electrons. The summed E-state index contributed by atoms with van der Waals surface area (Å²) >= 11 is 0. The van der Waals surface area contributed by atoms with Gasteiger partial charge in [0.1, 0.15) is 6.04 Å². The lowest BCUT2D eigenvalue weighted by atomic mass is 10.1. The van der Waals surface area contributed by atoms with Crippen molar-refractivity contribution in [3.8, 4) is 0 Å². The van der Waals surface area contributed by atoms with E-state index in [4.69, 9.17) is 5.11 Å². The fraction of sp³-hybridized carbons (Fsp3) is 0.600. The zero-order valence-corrected chi connectivity index (χ0v) is 8.85. The Labute approximate surface area is 89.0 Å². The van der Waals surface area contributed by atoms with Crippen LogP contribution in [0.4, 0.5) is 0 Å². The van der Waals surface area contributed by atoms with Crippen molar-refractivity contribution in [3.63, 3.8) is 0 Å². The predicted octanol–water partition coefficient (Wildman–Crippen LogP) is -0.210. The molecule has 0 aromatic carbocycles. The summed E-state index contributed by atoms with van der Waals surface area (Å²) in [5.74, 6) is -1.07. The standard InChI is InChI=1S/C10H16N2O3/c1-3-4-12-6-5-11(2)10(15)8(12)7-9(13)14/h3,8H,1,4-7H2,2H3,(H,13,14). The second-order valence-electron chi connectivity index (χ2n) is 3.66. The van der Waals surface area contributed by atoms with Crippen LogP contribution in [0, 0.1) is 0 Å². The first-order valence-corrected chi connectivity index (χ1v) is 4.88. The first-order valence-electron chi connectivity index (χ1n) is 4.88. The SMILES string of the molecule is C=CCN1CCN(C)C(=O)C1CC(=O)O. The lowest BCUT2D eigenvalue weighted by molar-refractivity contribution is -0.147. The van der Waals surface area contributed by atoms with Crippen molar-refractivity contribution >= 4 is 11.9 Å². The van der Waals surface area contributed by atoms with Crippen LogP contribution < -0.4 is 0 Å². The van der Waals surface area contributed by atoms with Gasteiger partial charge in [-0.25, -0.2) is 0 Å². The van der Waals surface area contributed by atoms with Crippen LogP contribution in [-0.2, 0) is 9.59 Å². The normalized spacial score (nSPS) is 22.9. The van der Waals surface area contributed by atoms with Crippen molar-refractivity contribution in [2.45, 2.75) is 12.5 Å². The zero-order chi connectivity index (χ0) is 11.4. The lowest BCUT2D eigenvalue weighted by Crippen LogP contribution is -2.56. The van der Waals surface area contributed by atoms with Gasteiger partial charge in [-0.3, -0.25) is 14.5 Å². The number of likely N-dealkylation sites (N-methyl/N-ethyl adjacent to an activating group) is 1. The van der Waals surface area contributed by atoms with Gasteiger partial charge in [-0.2, -0.15) is 0 Å². The van der Waals surface area contributed by atoms with Gasteiger partial charge < -0.3 is 10.0 Å². The van der Waals surface area contributed by atoms with Gasteiger partial charge >= 0.3 is 5.97 Å². The third-order valence-electron chi connectivity index (χ3n) is 2.56. The molecule has 1 rings (SSSR count). The zero-order valence-electron chi connectivity index (χ0n) is 8.85. The molecule has 0 aromatic rings. The molecular weight excluding hydrogens is 196 g/mol. The topological polar surface area (TPSA) is 60.9 Å². The number of nitrogens with zero attached hydrogens (tertiary/aromatic N) is 2. The molecule has 1 saturated heterocycles. The van der Waals surface area contributed by atoms with Crippen LogP contribution in [0.25, 0.3) is 0 Å². The molecule has 15 heavy (non-hydrogen) atoms. The van der Waals surface area contributed by atoms with E-state index in [0.717, 1.165) is 0 Å². The summed E-state index contributed by atoms with van der Waals surface area (Å²) in [4.78, 5) is 25.8. The maximum absolute atomic E-state index is 11.7. The molecule has 1 unspecified atom stereocenters. The first-order chi connectivity index (χ1) is 7.06. The predicted molar refractivity (Wildman–Crippen MR) is 55.4 cm³/mol. The summed E-state index contributed by atoms with van der Waals surface area (Å²) < 4.78 is 0. The van der Waals surface area contributed by atoms with Gasteiger partial charge in [0.2, 0.25) is 5.91 Å². The smallest absolute Gasteiger partial charge is 0.305 e. The van der Waals surface area contributed by atoms with Gasteiger partial charge in [-0.15, -0.1) is 6.58 Å². The van der Waals surface area contributed by atoms with Gasteiger partial charge in [0.15, 0.2) is 0 Å². The largest absolute Gasteiger partial charge is 0.481 e. The molecule has 1 heterocycles. The summed E-state index contributed by atoms with van der Waals surface area (Å²) in [6.45, 7) is 5.49. The Morgan fingerprint density at radius 3 is 2.87 bits per heavy atom. The van der Waals surface area contributed by atoms with Crippen molar-refractivity contribution in [1.82, 2.24) is 9.80 Å². The Hall–Kier alpha value is -1.36. The molecule has 0 spiro atoms. The van der Waals surface area contributed by atoms with Crippen molar-refractivity contribution in [2.75, 3.05) is 26.7 Å². The summed E-state index contributed by atoms with van der Waals surface area (Å²) in [7, 11) is 1.70. The number of rotatable bonds is 4. The van der Waals surface area contributed by atoms with Gasteiger partial charge in [0.05, 0.1) is 6.42 Å². The van der Waals surface area contributed by atoms with E-state index in [0.29, 0.717) is 19.6 Å². The second-order valence-corrected chi connectivity index (χ2v) is 3.66. The quantitative estimate of drug-likeness (QED) is 0.655. The summed E-state index contributed by atoms with van der Waals surface area (Å²) in [5, 5.41) is 8.73. The fourth-order valence-corrected chi connectivity index (χ4v) is 1.72. The van der Waals surface area contributed by atoms with E-state index in [2.05, 4.69) is 6.58 Å². The summed E-state index contributed by atoms with van der Waals surface area (Å²) in [5.41, 5.74) is 0. The Bertz CT molecular complexity index is 278. The molecule has 0 aliphatic carbocycles. The molecule has 1 aliphatic rings. The third-order valence-corrected chi connectivity index (χ3v) is 2.56. The Kier molecular flexibility index (Phi) is 3.85. The number of aliphatic carboxylic acids is 1. The van der Waals surface area contributed by atoms with Gasteiger partial charge in [0, 0.05) is 26.7 Å². The molecule has 0 aromatic heterocycles. The number of carbonyl (C=O) groups excluding carboxylic acids is 1. The number of carboxylic acid groups (broad SMARTS) is 1. The molecule has 1 amide bonds. The van der Waals surface area contributed by atoms with Crippen LogP contribution in [0.15, 0.2) is 12.7 Å². The van der Waals surface area contributed by atoms with E-state index in [1.807, 2.05) is 4.90 Å². The van der Waals surface area contributed by atoms with E-state index in [9.17, 15) is 9.59 Å². The third kappa shape index (κ3) is 2.79. The molecule has 1 N–H and O–H groups in total. The van der Waals surface area contributed by atoms with Crippen molar-refractivity contribution in [2.24, 2.45) is 0 Å². The fourth-order valence-electron chi connectivity index (χ4n) is 1.72. The molecule has 1 aliphatic heterocycles. The minimum Gasteiger partial charge on any atom is -0.481 e. The Balaban J connectivity index is 2.74. The van der Waals surface area contributed by atoms with Crippen LogP contribution in [0.3, 0.4) is 0 Å². The lowest BCUT2D eigenvalue weighted by Gasteiger charge is -2.37. The van der Waals surface area contributed by atoms with Crippen molar-refractivity contribution < 1.29 is 14.7 Å². The van der Waals surface area contributed by atoms with Crippen molar-refractivity contribution in [3.05, 3.63) is 12.7 Å². The molecule has 0 bridgehead atoms. The molecular formula is C10H16N2O3. The van der Waals surface area contributed by atoms with E-state index in [-0.39, 0.29) is 12.3 Å². The van der Waals surface area contributed by atoms with Gasteiger partial charge in [-0.05, 0) is 0 Å². The highest BCUT2D eigenvalue weighted by Gasteiger charge is 2.33. The molecule has 1 atom stereocenters. The average Bonchev–Trinajstić information content (AvgIpc) is 2.17. The monoisotopic (exact) mass is 212 g/mol. The molecule has 5 nitrogen and oxygen atoms in total. The van der Waals surface area contributed by atoms with Gasteiger partial charge in [-0.1, -0.05) is 6.08 Å². The van der Waals surface area contributed by atoms with E-state index >= 15 is 0 Å². The van der Waals surface area contributed by atoms with Crippen LogP contribution in [-0.4, -0.2) is 59.5 Å². The van der Waals surface area contributed by atoms with Crippen LogP contribution in [0.5, 0.6) is 0 Å². The molecule has 0 radical (unpaired) electrons. The second kappa shape index (κ2) is 4.93. The van der Waals surface area contributed by atoms with Gasteiger partial charge in [0.25, 0.3) is 0 Å². The van der Waals surface area contributed by atoms with Crippen LogP contribution in [0.1, 0.15) is 6.42 Å². The average molecular weight is 212 g/mol. The number of carbonyl (C=O) groups is 2. The Morgan fingerprint density at radius 2 is 2.33 bits per heavy atom. The van der Waals surface area contributed by atoms with E-state index < -0.39 is 12.0 Å². The van der Waals surface area contributed by atoms with Crippen LogP contribution >= 0.6 is 0 Å². The molecule has 5 heteroatoms. The highest BCUT2D eigenvalue weighted by molar-refractivity contribution is 5.86.